The van der Waals surface area contributed by atoms with Crippen LogP contribution in [0.15, 0.2) is 36.0 Å². The van der Waals surface area contributed by atoms with Crippen molar-refractivity contribution < 1.29 is 14.2 Å². The highest BCUT2D eigenvalue weighted by atomic mass is 16.7. The minimum atomic E-state index is 0.260. The lowest BCUT2D eigenvalue weighted by atomic mass is 10.2. The van der Waals surface area contributed by atoms with Gasteiger partial charge in [-0.2, -0.15) is 0 Å². The average Bonchev–Trinajstić information content (AvgIpc) is 2.46. The first kappa shape index (κ1) is 10.4. The molecule has 1 aliphatic heterocycles. The third-order valence-corrected chi connectivity index (χ3v) is 2.32. The van der Waals surface area contributed by atoms with Crippen molar-refractivity contribution in [3.8, 4) is 0 Å². The maximum absolute atomic E-state index is 5.83. The lowest BCUT2D eigenvalue weighted by Gasteiger charge is -2.09. The van der Waals surface area contributed by atoms with E-state index in [2.05, 4.69) is 0 Å². The second kappa shape index (κ2) is 4.18. The molecule has 1 aromatic carbocycles. The Labute approximate surface area is 93.2 Å². The molecular weight excluding hydrogens is 206 g/mol. The molecule has 0 saturated heterocycles. The van der Waals surface area contributed by atoms with Crippen molar-refractivity contribution in [2.24, 2.45) is 5.73 Å². The second-order valence-corrected chi connectivity index (χ2v) is 3.26. The third kappa shape index (κ3) is 1.69. The molecule has 2 rings (SSSR count). The van der Waals surface area contributed by atoms with Crippen LogP contribution in [0.1, 0.15) is 0 Å². The van der Waals surface area contributed by atoms with Gasteiger partial charge in [-0.3, -0.25) is 0 Å². The normalized spacial score (nSPS) is 14.5. The molecule has 0 aromatic heterocycles. The zero-order chi connectivity index (χ0) is 11.5. The van der Waals surface area contributed by atoms with Gasteiger partial charge in [-0.05, 0) is 17.4 Å². The summed E-state index contributed by atoms with van der Waals surface area (Å²) in [5.74, 6) is 1.07. The van der Waals surface area contributed by atoms with Crippen molar-refractivity contribution >= 4 is 12.0 Å². The summed E-state index contributed by atoms with van der Waals surface area (Å²) in [6, 6.07) is 7.64. The van der Waals surface area contributed by atoms with E-state index < -0.39 is 0 Å². The Morgan fingerprint density at radius 1 is 1.12 bits per heavy atom. The topological polar surface area (TPSA) is 53.7 Å². The maximum Gasteiger partial charge on any atom is 0.330 e. The Bertz CT molecular complexity index is 546. The summed E-state index contributed by atoms with van der Waals surface area (Å²) in [5.41, 5.74) is 5.83. The van der Waals surface area contributed by atoms with E-state index in [1.165, 1.54) is 7.11 Å². The van der Waals surface area contributed by atoms with Crippen molar-refractivity contribution in [2.45, 2.75) is 0 Å². The van der Waals surface area contributed by atoms with Crippen LogP contribution >= 0.6 is 0 Å². The van der Waals surface area contributed by atoms with Gasteiger partial charge in [0.2, 0.25) is 11.6 Å². The molecule has 0 amide bonds. The van der Waals surface area contributed by atoms with Crippen LogP contribution in [-0.4, -0.2) is 14.2 Å². The maximum atomic E-state index is 5.83. The SMILES string of the molecule is COC1=C(OC)OC(N)=c2ccccc2=C1. The zero-order valence-corrected chi connectivity index (χ0v) is 9.19. The van der Waals surface area contributed by atoms with Gasteiger partial charge in [0.05, 0.1) is 14.2 Å². The van der Waals surface area contributed by atoms with Crippen LogP contribution in [0.25, 0.3) is 12.0 Å². The monoisotopic (exact) mass is 219 g/mol. The van der Waals surface area contributed by atoms with Crippen LogP contribution in [0.5, 0.6) is 0 Å². The molecule has 2 N–H and O–H groups in total. The predicted octanol–water partition coefficient (Wildman–Crippen LogP) is -0.0164. The van der Waals surface area contributed by atoms with E-state index >= 15 is 0 Å². The highest BCUT2D eigenvalue weighted by Gasteiger charge is 2.12. The van der Waals surface area contributed by atoms with Gasteiger partial charge in [-0.15, -0.1) is 0 Å². The first-order chi connectivity index (χ1) is 7.76. The highest BCUT2D eigenvalue weighted by molar-refractivity contribution is 5.49. The summed E-state index contributed by atoms with van der Waals surface area (Å²) >= 11 is 0. The van der Waals surface area contributed by atoms with E-state index in [1.54, 1.807) is 7.11 Å². The first-order valence-electron chi connectivity index (χ1n) is 4.83. The van der Waals surface area contributed by atoms with Gasteiger partial charge in [0.15, 0.2) is 0 Å². The van der Waals surface area contributed by atoms with Crippen molar-refractivity contribution in [1.82, 2.24) is 0 Å². The molecule has 4 heteroatoms. The zero-order valence-electron chi connectivity index (χ0n) is 9.19. The Morgan fingerprint density at radius 2 is 1.88 bits per heavy atom. The van der Waals surface area contributed by atoms with Crippen LogP contribution in [-0.2, 0) is 14.2 Å². The van der Waals surface area contributed by atoms with Gasteiger partial charge in [0.25, 0.3) is 0 Å². The Hall–Kier alpha value is -2.10. The standard InChI is InChI=1S/C12H13NO3/c1-14-10-7-8-5-3-4-6-9(8)11(13)16-12(10)15-2/h3-7H,13H2,1-2H3. The largest absolute Gasteiger partial charge is 0.490 e. The second-order valence-electron chi connectivity index (χ2n) is 3.26. The van der Waals surface area contributed by atoms with Crippen LogP contribution in [0.4, 0.5) is 0 Å². The number of hydrogen-bond acceptors (Lipinski definition) is 4. The first-order valence-corrected chi connectivity index (χ1v) is 4.83. The van der Waals surface area contributed by atoms with Crippen LogP contribution in [0.2, 0.25) is 0 Å². The molecule has 16 heavy (non-hydrogen) atoms. The minimum Gasteiger partial charge on any atom is -0.490 e. The molecule has 0 unspecified atom stereocenters. The Balaban J connectivity index is 2.72. The van der Waals surface area contributed by atoms with E-state index in [1.807, 2.05) is 30.3 Å². The molecule has 0 saturated carbocycles. The number of allylic oxidation sites excluding steroid dienone is 1. The van der Waals surface area contributed by atoms with Crippen LogP contribution in [0, 0.1) is 0 Å². The van der Waals surface area contributed by atoms with Gasteiger partial charge in [-0.25, -0.2) is 0 Å². The molecule has 0 fully saturated rings. The third-order valence-electron chi connectivity index (χ3n) is 2.32. The molecule has 1 aliphatic rings. The minimum absolute atomic E-state index is 0.260. The van der Waals surface area contributed by atoms with Crippen molar-refractivity contribution in [3.05, 3.63) is 46.4 Å². The Morgan fingerprint density at radius 3 is 2.56 bits per heavy atom. The van der Waals surface area contributed by atoms with E-state index in [9.17, 15) is 0 Å². The van der Waals surface area contributed by atoms with Crippen molar-refractivity contribution in [3.63, 3.8) is 0 Å². The molecule has 1 aromatic rings. The molecule has 0 aliphatic carbocycles. The number of rotatable bonds is 2. The quantitative estimate of drug-likeness (QED) is 0.759. The lowest BCUT2D eigenvalue weighted by Crippen LogP contribution is -2.29. The summed E-state index contributed by atoms with van der Waals surface area (Å²) in [6.45, 7) is 0. The number of fused-ring (bicyclic) bond motifs is 1. The van der Waals surface area contributed by atoms with Crippen molar-refractivity contribution in [1.29, 1.82) is 0 Å². The molecular formula is C12H13NO3. The van der Waals surface area contributed by atoms with E-state index in [-0.39, 0.29) is 5.95 Å². The molecule has 0 spiro atoms. The fraction of sp³-hybridized carbons (Fsp3) is 0.167. The fourth-order valence-corrected chi connectivity index (χ4v) is 1.54. The number of hydrogen-bond donors (Lipinski definition) is 1. The molecule has 84 valence electrons. The summed E-state index contributed by atoms with van der Waals surface area (Å²) < 4.78 is 15.6. The molecule has 0 bridgehead atoms. The summed E-state index contributed by atoms with van der Waals surface area (Å²) in [4.78, 5) is 0. The van der Waals surface area contributed by atoms with Gasteiger partial charge in [0, 0.05) is 5.22 Å². The van der Waals surface area contributed by atoms with Gasteiger partial charge >= 0.3 is 5.95 Å². The smallest absolute Gasteiger partial charge is 0.330 e. The number of methoxy groups -OCH3 is 2. The molecule has 0 atom stereocenters. The number of benzene rings is 1. The lowest BCUT2D eigenvalue weighted by molar-refractivity contribution is 0.104. The molecule has 4 nitrogen and oxygen atoms in total. The number of nitrogens with two attached hydrogens (primary N) is 1. The summed E-state index contributed by atoms with van der Waals surface area (Å²) in [6.07, 6.45) is 1.83. The van der Waals surface area contributed by atoms with Crippen LogP contribution in [0.3, 0.4) is 0 Å². The van der Waals surface area contributed by atoms with E-state index in [0.29, 0.717) is 11.6 Å². The van der Waals surface area contributed by atoms with E-state index in [0.717, 1.165) is 10.4 Å². The highest BCUT2D eigenvalue weighted by Crippen LogP contribution is 2.13. The fourth-order valence-electron chi connectivity index (χ4n) is 1.54. The summed E-state index contributed by atoms with van der Waals surface area (Å²) in [7, 11) is 3.06. The average molecular weight is 219 g/mol. The van der Waals surface area contributed by atoms with Gasteiger partial charge in [-0.1, -0.05) is 18.2 Å². The number of ether oxygens (including phenoxy) is 3. The Kier molecular flexibility index (Phi) is 2.72. The molecule has 0 radical (unpaired) electrons. The predicted molar refractivity (Wildman–Crippen MR) is 59.9 cm³/mol. The van der Waals surface area contributed by atoms with E-state index in [4.69, 9.17) is 19.9 Å². The molecule has 1 heterocycles. The van der Waals surface area contributed by atoms with Crippen molar-refractivity contribution in [2.75, 3.05) is 14.2 Å². The van der Waals surface area contributed by atoms with Gasteiger partial charge < -0.3 is 19.9 Å². The summed E-state index contributed by atoms with van der Waals surface area (Å²) in [5, 5.41) is 1.76. The van der Waals surface area contributed by atoms with Crippen LogP contribution < -0.4 is 16.2 Å². The van der Waals surface area contributed by atoms with Gasteiger partial charge in [0.1, 0.15) is 0 Å².